The van der Waals surface area contributed by atoms with Gasteiger partial charge in [-0.2, -0.15) is 15.2 Å². The van der Waals surface area contributed by atoms with Gasteiger partial charge in [0.25, 0.3) is 11.6 Å². The maximum absolute atomic E-state index is 13.9. The molecule has 200 valence electrons. The van der Waals surface area contributed by atoms with Crippen molar-refractivity contribution in [3.63, 3.8) is 0 Å². The summed E-state index contributed by atoms with van der Waals surface area (Å²) in [6.45, 7) is 0. The van der Waals surface area contributed by atoms with Crippen LogP contribution in [-0.2, 0) is 4.79 Å². The topological polar surface area (TPSA) is 103 Å². The highest BCUT2D eigenvalue weighted by atomic mass is 16.6. The lowest BCUT2D eigenvalue weighted by Crippen LogP contribution is -2.21. The molecule has 0 fully saturated rings. The Kier molecular flexibility index (Phi) is 6.67. The Morgan fingerprint density at radius 3 is 2.17 bits per heavy atom. The van der Waals surface area contributed by atoms with Crippen LogP contribution in [0, 0.1) is 10.1 Å². The third-order valence-electron chi connectivity index (χ3n) is 6.64. The van der Waals surface area contributed by atoms with Gasteiger partial charge in [-0.1, -0.05) is 48.5 Å². The van der Waals surface area contributed by atoms with Crippen LogP contribution in [0.1, 0.15) is 11.1 Å². The predicted molar refractivity (Wildman–Crippen MR) is 157 cm³/mol. The summed E-state index contributed by atoms with van der Waals surface area (Å²) in [7, 11) is 1.59. The van der Waals surface area contributed by atoms with Gasteiger partial charge in [-0.25, -0.2) is 4.68 Å². The maximum Gasteiger partial charge on any atom is 0.281 e. The van der Waals surface area contributed by atoms with Crippen LogP contribution in [0.3, 0.4) is 0 Å². The zero-order chi connectivity index (χ0) is 28.3. The molecule has 0 saturated carbocycles. The molecule has 9 heteroatoms. The van der Waals surface area contributed by atoms with E-state index in [4.69, 9.17) is 14.9 Å². The van der Waals surface area contributed by atoms with Gasteiger partial charge in [0.1, 0.15) is 17.2 Å². The number of para-hydroxylation sites is 2. The van der Waals surface area contributed by atoms with E-state index in [0.29, 0.717) is 39.5 Å². The number of nitro benzene ring substituents is 1. The van der Waals surface area contributed by atoms with Crippen molar-refractivity contribution in [1.82, 2.24) is 9.78 Å². The van der Waals surface area contributed by atoms with Gasteiger partial charge in [-0.05, 0) is 54.6 Å². The van der Waals surface area contributed by atoms with E-state index in [1.54, 1.807) is 36.2 Å². The van der Waals surface area contributed by atoms with Crippen molar-refractivity contribution in [1.29, 1.82) is 0 Å². The summed E-state index contributed by atoms with van der Waals surface area (Å²) in [5.74, 6) is 0.376. The number of non-ortho nitro benzene ring substituents is 1. The molecular formula is C32H23N5O4. The second-order valence-electron chi connectivity index (χ2n) is 9.21. The number of ether oxygens (including phenoxy) is 1. The molecule has 1 aliphatic heterocycles. The number of hydrogen-bond acceptors (Lipinski definition) is 6. The third-order valence-corrected chi connectivity index (χ3v) is 6.64. The minimum Gasteiger partial charge on any atom is -0.497 e. The van der Waals surface area contributed by atoms with Gasteiger partial charge in [0, 0.05) is 35.0 Å². The number of hydrazone groups is 1. The van der Waals surface area contributed by atoms with Crippen LogP contribution in [0.5, 0.6) is 5.75 Å². The number of carbonyl (C=O) groups excluding carboxylic acids is 1. The summed E-state index contributed by atoms with van der Waals surface area (Å²) in [5, 5.41) is 22.4. The van der Waals surface area contributed by atoms with Crippen LogP contribution in [0.15, 0.2) is 126 Å². The zero-order valence-electron chi connectivity index (χ0n) is 21.9. The zero-order valence-corrected chi connectivity index (χ0v) is 21.9. The largest absolute Gasteiger partial charge is 0.497 e. The van der Waals surface area contributed by atoms with Gasteiger partial charge < -0.3 is 4.74 Å². The molecule has 0 radical (unpaired) electrons. The van der Waals surface area contributed by atoms with Gasteiger partial charge in [0.15, 0.2) is 0 Å². The minimum absolute atomic E-state index is 0.0527. The predicted octanol–water partition coefficient (Wildman–Crippen LogP) is 6.29. The van der Waals surface area contributed by atoms with Crippen molar-refractivity contribution in [2.45, 2.75) is 0 Å². The fourth-order valence-electron chi connectivity index (χ4n) is 4.60. The van der Waals surface area contributed by atoms with Gasteiger partial charge in [0.05, 0.1) is 29.0 Å². The lowest BCUT2D eigenvalue weighted by Gasteiger charge is -2.10. The molecular weight excluding hydrogens is 518 g/mol. The maximum atomic E-state index is 13.9. The van der Waals surface area contributed by atoms with Crippen LogP contribution in [0.2, 0.25) is 0 Å². The van der Waals surface area contributed by atoms with Gasteiger partial charge in [0.2, 0.25) is 0 Å². The summed E-state index contributed by atoms with van der Waals surface area (Å²) in [5.41, 5.74) is 4.60. The summed E-state index contributed by atoms with van der Waals surface area (Å²) in [6, 6.07) is 32.3. The van der Waals surface area contributed by atoms with E-state index >= 15 is 0 Å². The number of amides is 1. The molecule has 5 aromatic rings. The Bertz CT molecular complexity index is 1810. The SMILES string of the molecule is COc1ccc(C2=NN(c3ccccc3)C(=O)/C2=C\c2cn(-c3ccccc3)nc2-c2cccc([N+](=O)[O-])c2)cc1. The molecule has 1 amide bonds. The normalized spacial score (nSPS) is 13.9. The number of nitro groups is 1. The van der Waals surface area contributed by atoms with E-state index in [1.807, 2.05) is 84.9 Å². The highest BCUT2D eigenvalue weighted by molar-refractivity contribution is 6.37. The fourth-order valence-corrected chi connectivity index (χ4v) is 4.60. The number of hydrogen-bond donors (Lipinski definition) is 0. The summed E-state index contributed by atoms with van der Waals surface area (Å²) >= 11 is 0. The van der Waals surface area contributed by atoms with Crippen LogP contribution in [0.25, 0.3) is 23.0 Å². The van der Waals surface area contributed by atoms with Crippen LogP contribution < -0.4 is 9.75 Å². The summed E-state index contributed by atoms with van der Waals surface area (Å²) in [6.07, 6.45) is 3.55. The summed E-state index contributed by atoms with van der Waals surface area (Å²) in [4.78, 5) is 25.0. The van der Waals surface area contributed by atoms with Crippen molar-refractivity contribution in [2.24, 2.45) is 5.10 Å². The third kappa shape index (κ3) is 4.99. The standard InChI is InChI=1S/C32H23N5O4/c1-41-28-17-15-22(16-18-28)31-29(32(38)36(34-31)26-12-6-3-7-13-26)20-24-21-35(25-10-4-2-5-11-25)33-30(24)23-9-8-14-27(19-23)37(39)40/h2-21H,1H3/b29-20-. The molecule has 41 heavy (non-hydrogen) atoms. The molecule has 0 atom stereocenters. The quantitative estimate of drug-likeness (QED) is 0.137. The number of benzene rings is 4. The van der Waals surface area contributed by atoms with Gasteiger partial charge in [-0.15, -0.1) is 0 Å². The Hall–Kier alpha value is -5.83. The highest BCUT2D eigenvalue weighted by Gasteiger charge is 2.32. The number of carbonyl (C=O) groups is 1. The Morgan fingerprint density at radius 2 is 1.51 bits per heavy atom. The number of anilines is 1. The molecule has 0 bridgehead atoms. The molecule has 6 rings (SSSR count). The molecule has 2 heterocycles. The Balaban J connectivity index is 1.53. The first-order valence-corrected chi connectivity index (χ1v) is 12.8. The second kappa shape index (κ2) is 10.7. The monoisotopic (exact) mass is 541 g/mol. The molecule has 0 saturated heterocycles. The smallest absolute Gasteiger partial charge is 0.281 e. The van der Waals surface area contributed by atoms with E-state index in [2.05, 4.69) is 0 Å². The van der Waals surface area contributed by atoms with E-state index in [0.717, 1.165) is 11.3 Å². The van der Waals surface area contributed by atoms with Crippen molar-refractivity contribution in [3.05, 3.63) is 142 Å². The molecule has 1 aliphatic rings. The lowest BCUT2D eigenvalue weighted by molar-refractivity contribution is -0.384. The lowest BCUT2D eigenvalue weighted by atomic mass is 9.99. The molecule has 0 aliphatic carbocycles. The molecule has 4 aromatic carbocycles. The van der Waals surface area contributed by atoms with E-state index in [1.165, 1.54) is 17.1 Å². The second-order valence-corrected chi connectivity index (χ2v) is 9.21. The van der Waals surface area contributed by atoms with Gasteiger partial charge in [-0.3, -0.25) is 14.9 Å². The van der Waals surface area contributed by atoms with Crippen LogP contribution in [0.4, 0.5) is 11.4 Å². The van der Waals surface area contributed by atoms with Crippen LogP contribution in [-0.4, -0.2) is 33.4 Å². The molecule has 9 nitrogen and oxygen atoms in total. The number of methoxy groups -OCH3 is 1. The average molecular weight is 542 g/mol. The first-order chi connectivity index (χ1) is 20.0. The van der Waals surface area contributed by atoms with Crippen molar-refractivity contribution >= 4 is 29.1 Å². The molecule has 0 spiro atoms. The molecule has 0 unspecified atom stereocenters. The first kappa shape index (κ1) is 25.4. The summed E-state index contributed by atoms with van der Waals surface area (Å²) < 4.78 is 7.00. The van der Waals surface area contributed by atoms with Crippen LogP contribution >= 0.6 is 0 Å². The van der Waals surface area contributed by atoms with E-state index in [-0.39, 0.29) is 11.6 Å². The van der Waals surface area contributed by atoms with E-state index in [9.17, 15) is 14.9 Å². The minimum atomic E-state index is -0.442. The average Bonchev–Trinajstić information content (AvgIpc) is 3.59. The molecule has 0 N–H and O–H groups in total. The highest BCUT2D eigenvalue weighted by Crippen LogP contribution is 2.32. The fraction of sp³-hybridized carbons (Fsp3) is 0.0312. The van der Waals surface area contributed by atoms with Crippen molar-refractivity contribution in [2.75, 3.05) is 12.1 Å². The number of rotatable bonds is 7. The number of nitrogens with zero attached hydrogens (tertiary/aromatic N) is 5. The van der Waals surface area contributed by atoms with Gasteiger partial charge >= 0.3 is 0 Å². The van der Waals surface area contributed by atoms with Crippen molar-refractivity contribution < 1.29 is 14.5 Å². The Labute approximate surface area is 235 Å². The van der Waals surface area contributed by atoms with E-state index < -0.39 is 4.92 Å². The number of aromatic nitrogens is 2. The first-order valence-electron chi connectivity index (χ1n) is 12.8. The van der Waals surface area contributed by atoms with Crippen molar-refractivity contribution in [3.8, 4) is 22.7 Å². The molecule has 1 aromatic heterocycles. The Morgan fingerprint density at radius 1 is 0.829 bits per heavy atom.